The van der Waals surface area contributed by atoms with E-state index in [1.165, 1.54) is 12.8 Å². The summed E-state index contributed by atoms with van der Waals surface area (Å²) in [6.07, 6.45) is 16.8. The molecule has 1 saturated heterocycles. The molecular weight excluding hydrogens is 346 g/mol. The van der Waals surface area contributed by atoms with Gasteiger partial charge < -0.3 is 24.8 Å². The molecule has 0 aromatic carbocycles. The molecule has 0 bridgehead atoms. The second-order valence-electron chi connectivity index (χ2n) is 5.61. The van der Waals surface area contributed by atoms with Gasteiger partial charge in [-0.05, 0) is 0 Å². The summed E-state index contributed by atoms with van der Waals surface area (Å²) < 4.78 is 5.51. The minimum absolute atomic E-state index is 0. The maximum atomic E-state index is 2.64. The van der Waals surface area contributed by atoms with Crippen molar-refractivity contribution in [2.24, 2.45) is 0 Å². The molecule has 0 N–H and O–H groups in total. The molecule has 17 heavy (non-hydrogen) atoms. The van der Waals surface area contributed by atoms with E-state index in [9.17, 15) is 0 Å². The van der Waals surface area contributed by atoms with Crippen LogP contribution in [0.25, 0.3) is 0 Å². The molecule has 2 aliphatic carbocycles. The molecule has 0 unspecified atom stereocenters. The second-order valence-corrected chi connectivity index (χ2v) is 35.0. The average Bonchev–Trinajstić information content (AvgIpc) is 2.80. The van der Waals surface area contributed by atoms with Gasteiger partial charge in [0.05, 0.1) is 0 Å². The van der Waals surface area contributed by atoms with Crippen LogP contribution in [0.5, 0.6) is 0 Å². The first-order valence-corrected chi connectivity index (χ1v) is 17.0. The molecule has 1 fully saturated rings. The van der Waals surface area contributed by atoms with Gasteiger partial charge >= 0.3 is 97.3 Å². The van der Waals surface area contributed by atoms with Gasteiger partial charge in [0.15, 0.2) is 0 Å². The van der Waals surface area contributed by atoms with Crippen LogP contribution in [-0.4, -0.2) is 5.20 Å². The fraction of sp³-hybridized carbons (Fsp3) is 0.385. The van der Waals surface area contributed by atoms with Crippen LogP contribution >= 0.6 is 0 Å². The zero-order chi connectivity index (χ0) is 10.5. The van der Waals surface area contributed by atoms with Gasteiger partial charge in [-0.15, -0.1) is 0 Å². The van der Waals surface area contributed by atoms with Gasteiger partial charge in [-0.1, -0.05) is 0 Å². The minimum atomic E-state index is -1.91. The van der Waals surface area contributed by atoms with E-state index in [1.54, 1.807) is 3.75 Å². The third-order valence-corrected chi connectivity index (χ3v) is 44.5. The van der Waals surface area contributed by atoms with Crippen molar-refractivity contribution in [3.05, 3.63) is 43.0 Å². The van der Waals surface area contributed by atoms with Crippen molar-refractivity contribution in [1.82, 2.24) is 0 Å². The molecule has 3 aliphatic rings. The summed E-state index contributed by atoms with van der Waals surface area (Å²) in [5.74, 6) is 0. The van der Waals surface area contributed by atoms with Crippen molar-refractivity contribution in [2.45, 2.75) is 29.7 Å². The molecule has 0 amide bonds. The monoisotopic (exact) mass is 362 g/mol. The van der Waals surface area contributed by atoms with E-state index in [-0.39, 0.29) is 24.8 Å². The van der Waals surface area contributed by atoms with E-state index in [1.807, 2.05) is 6.56 Å². The topological polar surface area (TPSA) is 0 Å². The van der Waals surface area contributed by atoms with Gasteiger partial charge in [0.25, 0.3) is 0 Å². The molecule has 0 aromatic rings. The van der Waals surface area contributed by atoms with E-state index in [4.69, 9.17) is 0 Å². The van der Waals surface area contributed by atoms with Crippen LogP contribution in [-0.2, 0) is 19.4 Å². The zero-order valence-electron chi connectivity index (χ0n) is 10.3. The molecule has 1 heterocycles. The van der Waals surface area contributed by atoms with Crippen molar-refractivity contribution in [3.8, 4) is 0 Å². The molecule has 0 radical (unpaired) electrons. The molecule has 0 saturated carbocycles. The van der Waals surface area contributed by atoms with Crippen LogP contribution in [0.3, 0.4) is 0 Å². The van der Waals surface area contributed by atoms with Crippen molar-refractivity contribution in [3.63, 3.8) is 0 Å². The van der Waals surface area contributed by atoms with Crippen LogP contribution in [0.2, 0.25) is 16.8 Å². The number of allylic oxidation sites excluding steroid dienone is 8. The Balaban J connectivity index is 0.000000722. The Morgan fingerprint density at radius 2 is 1.35 bits per heavy atom. The van der Waals surface area contributed by atoms with Crippen LogP contribution in [0.1, 0.15) is 12.8 Å². The van der Waals surface area contributed by atoms with Gasteiger partial charge in [-0.3, -0.25) is 0 Å². The molecule has 0 aromatic heterocycles. The van der Waals surface area contributed by atoms with Crippen LogP contribution in [0.4, 0.5) is 0 Å². The molecule has 4 heteroatoms. The summed E-state index contributed by atoms with van der Waals surface area (Å²) in [7, 11) is 0. The van der Waals surface area contributed by atoms with E-state index < -0.39 is 24.6 Å². The SMILES string of the molecule is C[Si]1(C)[CH2][Zr+2]1([C]1=CC=CC1)[C]1=CC=CC1.[Cl-].[Cl-]. The maximum absolute atomic E-state index is 2.64. The summed E-state index contributed by atoms with van der Waals surface area (Å²) in [4.78, 5) is 0. The third kappa shape index (κ3) is 2.27. The predicted octanol–water partition coefficient (Wildman–Crippen LogP) is -1.99. The van der Waals surface area contributed by atoms with Crippen molar-refractivity contribution < 1.29 is 44.2 Å². The normalized spacial score (nSPS) is 23.9. The first kappa shape index (κ1) is 15.7. The van der Waals surface area contributed by atoms with E-state index in [2.05, 4.69) is 49.6 Å². The van der Waals surface area contributed by atoms with Gasteiger partial charge in [0.1, 0.15) is 0 Å². The third-order valence-electron chi connectivity index (χ3n) is 4.38. The Kier molecular flexibility index (Phi) is 4.92. The fourth-order valence-corrected chi connectivity index (χ4v) is 53.5. The van der Waals surface area contributed by atoms with Gasteiger partial charge in [-0.25, -0.2) is 0 Å². The quantitative estimate of drug-likeness (QED) is 0.498. The summed E-state index contributed by atoms with van der Waals surface area (Å²) in [6, 6.07) is 0. The van der Waals surface area contributed by atoms with Crippen molar-refractivity contribution in [2.75, 3.05) is 0 Å². The molecule has 0 nitrogen and oxygen atoms in total. The Morgan fingerprint density at radius 1 is 0.941 bits per heavy atom. The van der Waals surface area contributed by atoms with Gasteiger partial charge in [0, 0.05) is 0 Å². The maximum Gasteiger partial charge on any atom is -1.00 e. The number of rotatable bonds is 2. The first-order valence-electron chi connectivity index (χ1n) is 5.89. The van der Waals surface area contributed by atoms with E-state index >= 15 is 0 Å². The van der Waals surface area contributed by atoms with E-state index in [0.717, 1.165) is 0 Å². The molecule has 0 spiro atoms. The summed E-state index contributed by atoms with van der Waals surface area (Å²) in [5.41, 5.74) is 0. The minimum Gasteiger partial charge on any atom is -1.00 e. The molecule has 0 atom stereocenters. The van der Waals surface area contributed by atoms with Crippen molar-refractivity contribution >= 4 is 5.20 Å². The number of hydrogen-bond donors (Lipinski definition) is 0. The smallest absolute Gasteiger partial charge is 1.00 e. The summed E-state index contributed by atoms with van der Waals surface area (Å²) in [6.45, 7) is 5.28. The summed E-state index contributed by atoms with van der Waals surface area (Å²) in [5, 5.41) is -0.777. The van der Waals surface area contributed by atoms with Crippen molar-refractivity contribution in [1.29, 1.82) is 0 Å². The first-order chi connectivity index (χ1) is 7.17. The van der Waals surface area contributed by atoms with Gasteiger partial charge in [0.2, 0.25) is 0 Å². The number of hydrogen-bond acceptors (Lipinski definition) is 0. The van der Waals surface area contributed by atoms with Crippen LogP contribution in [0.15, 0.2) is 43.0 Å². The summed E-state index contributed by atoms with van der Waals surface area (Å²) >= 11 is -1.91. The second kappa shape index (κ2) is 5.33. The van der Waals surface area contributed by atoms with Gasteiger partial charge in [-0.2, -0.15) is 0 Å². The molecule has 1 aliphatic heterocycles. The Bertz CT molecular complexity index is 403. The number of halogens is 2. The molecular formula is C13H18Cl2SiZr. The van der Waals surface area contributed by atoms with Crippen LogP contribution in [0, 0.1) is 0 Å². The standard InChI is InChI=1S/2C5H5.C3H8Si.2ClH.Zr/c2*1-2-4-5-3-1;1-4(2)3;;;/h2*1-3H,4H2;1H2,2-3H3;2*1H;/q;;;;;+2/p-2. The Hall–Kier alpha value is 0.640. The zero-order valence-corrected chi connectivity index (χ0v) is 15.3. The Morgan fingerprint density at radius 3 is 1.59 bits per heavy atom. The average molecular weight is 365 g/mol. The Labute approximate surface area is 121 Å². The molecule has 92 valence electrons. The molecule has 3 rings (SSSR count). The van der Waals surface area contributed by atoms with Crippen LogP contribution < -0.4 is 24.8 Å². The van der Waals surface area contributed by atoms with E-state index in [0.29, 0.717) is 0 Å². The predicted molar refractivity (Wildman–Crippen MR) is 66.0 cm³/mol. The largest absolute Gasteiger partial charge is 1.00 e. The fourth-order valence-electron chi connectivity index (χ4n) is 3.45.